The molecule has 410 valence electrons. The first-order valence-electron chi connectivity index (χ1n) is 24.1. The number of hydrogen-bond acceptors (Lipinski definition) is 17. The van der Waals surface area contributed by atoms with Crippen molar-refractivity contribution < 1.29 is 73.2 Å². The predicted molar refractivity (Wildman–Crippen MR) is 256 cm³/mol. The summed E-state index contributed by atoms with van der Waals surface area (Å²) in [4.78, 5) is 146. The van der Waals surface area contributed by atoms with Crippen LogP contribution in [0.3, 0.4) is 0 Å². The standard InChI is InChI=1S/C44H79N13O15/c1-8-9-13-25(50-38(66)27(18-29(47)62)49-30(63)19-46)37(65)51-26(14-10-11-16-45)44(72)57-17-12-15-28(57)39(67)53-32(21(4)58)41(69)55-34(23(6)60)43(71)56-35(24(7)61)42(70)54-33(22(5)59)40(68)52-31(20(2)3)36(48)64/h20-28,31-35,58-61H,8-19,45-46H2,1-7H3,(H2,47,62)(H2,48,64)(H,49,63)(H,50,66)(H,51,65)(H,52,68)(H,53,67)(H,54,70)(H,55,69)(H,56,71). The van der Waals surface area contributed by atoms with Gasteiger partial charge in [0.15, 0.2) is 0 Å². The first-order chi connectivity index (χ1) is 33.6. The lowest BCUT2D eigenvalue weighted by atomic mass is 10.0. The highest BCUT2D eigenvalue weighted by molar-refractivity contribution is 5.99. The number of hydrogen-bond donors (Lipinski definition) is 16. The van der Waals surface area contributed by atoms with Gasteiger partial charge in [-0.15, -0.1) is 0 Å². The Hall–Kier alpha value is -6.07. The summed E-state index contributed by atoms with van der Waals surface area (Å²) < 4.78 is 0. The number of rotatable bonds is 32. The van der Waals surface area contributed by atoms with E-state index in [4.69, 9.17) is 22.9 Å². The van der Waals surface area contributed by atoms with Crippen molar-refractivity contribution in [1.29, 1.82) is 0 Å². The lowest BCUT2D eigenvalue weighted by Gasteiger charge is -2.32. The molecule has 0 spiro atoms. The molecule has 0 aromatic carbocycles. The molecule has 13 unspecified atom stereocenters. The first-order valence-corrected chi connectivity index (χ1v) is 24.1. The van der Waals surface area contributed by atoms with Crippen LogP contribution in [0.5, 0.6) is 0 Å². The number of unbranched alkanes of at least 4 members (excludes halogenated alkanes) is 2. The van der Waals surface area contributed by atoms with Gasteiger partial charge in [0.05, 0.1) is 37.4 Å². The zero-order valence-electron chi connectivity index (χ0n) is 42.1. The van der Waals surface area contributed by atoms with Gasteiger partial charge < -0.3 is 90.8 Å². The lowest BCUT2D eigenvalue weighted by molar-refractivity contribution is -0.143. The summed E-state index contributed by atoms with van der Waals surface area (Å²) in [6.45, 7) is 9.22. The summed E-state index contributed by atoms with van der Waals surface area (Å²) in [6.07, 6.45) is -4.93. The average Bonchev–Trinajstić information content (AvgIpc) is 3.79. The Labute approximate surface area is 418 Å². The number of nitrogens with two attached hydrogens (primary N) is 4. The monoisotopic (exact) mass is 1030 g/mol. The summed E-state index contributed by atoms with van der Waals surface area (Å²) in [5, 5.41) is 60.9. The van der Waals surface area contributed by atoms with E-state index in [1.54, 1.807) is 13.8 Å². The minimum atomic E-state index is -1.91. The smallest absolute Gasteiger partial charge is 0.245 e. The topological polar surface area (TPSA) is 472 Å². The van der Waals surface area contributed by atoms with Crippen LogP contribution in [0.25, 0.3) is 0 Å². The van der Waals surface area contributed by atoms with Crippen molar-refractivity contribution in [3.05, 3.63) is 0 Å². The van der Waals surface area contributed by atoms with Crippen LogP contribution < -0.4 is 65.5 Å². The number of aliphatic hydroxyl groups excluding tert-OH is 4. The molecule has 0 aromatic heterocycles. The molecule has 0 aliphatic carbocycles. The molecule has 1 heterocycles. The number of nitrogens with zero attached hydrogens (tertiary/aromatic N) is 1. The first kappa shape index (κ1) is 63.9. The van der Waals surface area contributed by atoms with E-state index in [9.17, 15) is 73.2 Å². The third-order valence-corrected chi connectivity index (χ3v) is 11.6. The van der Waals surface area contributed by atoms with Crippen molar-refractivity contribution >= 4 is 65.0 Å². The number of aliphatic hydroxyl groups is 4. The normalized spacial score (nSPS) is 18.4. The van der Waals surface area contributed by atoms with Crippen molar-refractivity contribution in [3.63, 3.8) is 0 Å². The highest BCUT2D eigenvalue weighted by atomic mass is 16.3. The molecule has 0 bridgehead atoms. The molecule has 20 N–H and O–H groups in total. The van der Waals surface area contributed by atoms with Gasteiger partial charge in [-0.25, -0.2) is 0 Å². The van der Waals surface area contributed by atoms with E-state index in [0.29, 0.717) is 32.1 Å². The van der Waals surface area contributed by atoms with Crippen molar-refractivity contribution in [3.8, 4) is 0 Å². The third kappa shape index (κ3) is 20.6. The quantitative estimate of drug-likeness (QED) is 0.0278. The fourth-order valence-electron chi connectivity index (χ4n) is 7.55. The van der Waals surface area contributed by atoms with Crippen molar-refractivity contribution in [2.75, 3.05) is 19.6 Å². The molecule has 11 amide bonds. The second kappa shape index (κ2) is 31.4. The Morgan fingerprint density at radius 3 is 1.38 bits per heavy atom. The molecule has 1 saturated heterocycles. The molecular weight excluding hydrogens is 951 g/mol. The predicted octanol–water partition coefficient (Wildman–Crippen LogP) is -7.33. The largest absolute Gasteiger partial charge is 0.391 e. The minimum absolute atomic E-state index is 0.0220. The summed E-state index contributed by atoms with van der Waals surface area (Å²) >= 11 is 0. The second-order valence-corrected chi connectivity index (χ2v) is 18.3. The molecule has 1 aliphatic heterocycles. The lowest BCUT2D eigenvalue weighted by Crippen LogP contribution is -2.65. The Bertz CT molecular complexity index is 1890. The number of primary amides is 2. The zero-order valence-corrected chi connectivity index (χ0v) is 42.1. The van der Waals surface area contributed by atoms with Crippen LogP contribution in [-0.2, 0) is 52.7 Å². The van der Waals surface area contributed by atoms with Gasteiger partial charge in [-0.2, -0.15) is 0 Å². The molecule has 1 fully saturated rings. The van der Waals surface area contributed by atoms with Gasteiger partial charge in [-0.05, 0) is 78.7 Å². The molecule has 1 aliphatic rings. The SMILES string of the molecule is CCCCC(NC(=O)C(CC(N)=O)NC(=O)CN)C(=O)NC(CCCCN)C(=O)N1CCCC1C(=O)NC(C(=O)NC(C(=O)NC(C(=O)NC(C(=O)NC(C(N)=O)C(C)C)C(C)O)C(C)O)C(C)O)C(C)O. The molecule has 13 atom stereocenters. The zero-order chi connectivity index (χ0) is 55.2. The van der Waals surface area contributed by atoms with Crippen LogP contribution in [-0.4, -0.2) is 189 Å². The van der Waals surface area contributed by atoms with E-state index >= 15 is 0 Å². The van der Waals surface area contributed by atoms with Gasteiger partial charge in [0.25, 0.3) is 0 Å². The van der Waals surface area contributed by atoms with E-state index in [1.807, 2.05) is 6.92 Å². The maximum absolute atomic E-state index is 14.3. The van der Waals surface area contributed by atoms with Crippen molar-refractivity contribution in [2.45, 2.75) is 185 Å². The molecule has 0 saturated carbocycles. The fourth-order valence-corrected chi connectivity index (χ4v) is 7.55. The summed E-state index contributed by atoms with van der Waals surface area (Å²) in [7, 11) is 0. The summed E-state index contributed by atoms with van der Waals surface area (Å²) in [5.74, 6) is -11.1. The van der Waals surface area contributed by atoms with E-state index in [1.165, 1.54) is 4.90 Å². The van der Waals surface area contributed by atoms with Crippen molar-refractivity contribution in [1.82, 2.24) is 47.4 Å². The molecule has 28 heteroatoms. The average molecular weight is 1030 g/mol. The van der Waals surface area contributed by atoms with Gasteiger partial charge >= 0.3 is 0 Å². The summed E-state index contributed by atoms with van der Waals surface area (Å²) in [5.41, 5.74) is 21.7. The van der Waals surface area contributed by atoms with Crippen LogP contribution in [0.4, 0.5) is 0 Å². The van der Waals surface area contributed by atoms with E-state index < -0.39 is 163 Å². The molecule has 28 nitrogen and oxygen atoms in total. The number of likely N-dealkylation sites (tertiary alicyclic amines) is 1. The van der Waals surface area contributed by atoms with Gasteiger partial charge in [-0.1, -0.05) is 33.6 Å². The third-order valence-electron chi connectivity index (χ3n) is 11.6. The number of carbonyl (C=O) groups is 11. The molecular formula is C44H79N13O15. The number of amides is 11. The van der Waals surface area contributed by atoms with Crippen LogP contribution in [0.15, 0.2) is 0 Å². The maximum Gasteiger partial charge on any atom is 0.245 e. The van der Waals surface area contributed by atoms with Crippen LogP contribution in [0.2, 0.25) is 0 Å². The fraction of sp³-hybridized carbons (Fsp3) is 0.750. The van der Waals surface area contributed by atoms with E-state index in [2.05, 4.69) is 42.5 Å². The number of carbonyl (C=O) groups excluding carboxylic acids is 11. The van der Waals surface area contributed by atoms with E-state index in [0.717, 1.165) is 27.7 Å². The molecule has 72 heavy (non-hydrogen) atoms. The Kier molecular flexibility index (Phi) is 27.9. The van der Waals surface area contributed by atoms with Gasteiger partial charge in [0, 0.05) is 6.54 Å². The molecule has 0 aromatic rings. The van der Waals surface area contributed by atoms with Gasteiger partial charge in [-0.3, -0.25) is 52.7 Å². The van der Waals surface area contributed by atoms with Crippen LogP contribution in [0.1, 0.15) is 106 Å². The Balaban J connectivity index is 3.34. The van der Waals surface area contributed by atoms with Crippen LogP contribution in [0, 0.1) is 5.92 Å². The number of nitrogens with one attached hydrogen (secondary N) is 8. The van der Waals surface area contributed by atoms with Crippen LogP contribution >= 0.6 is 0 Å². The van der Waals surface area contributed by atoms with Crippen molar-refractivity contribution in [2.24, 2.45) is 28.9 Å². The molecule has 0 radical (unpaired) electrons. The summed E-state index contributed by atoms with van der Waals surface area (Å²) in [6, 6.07) is -13.7. The van der Waals surface area contributed by atoms with Gasteiger partial charge in [0.2, 0.25) is 65.0 Å². The second-order valence-electron chi connectivity index (χ2n) is 18.3. The minimum Gasteiger partial charge on any atom is -0.391 e. The Morgan fingerprint density at radius 2 is 0.972 bits per heavy atom. The maximum atomic E-state index is 14.3. The highest BCUT2D eigenvalue weighted by Gasteiger charge is 2.42. The van der Waals surface area contributed by atoms with Gasteiger partial charge in [0.1, 0.15) is 54.4 Å². The van der Waals surface area contributed by atoms with E-state index in [-0.39, 0.29) is 32.4 Å². The molecule has 1 rings (SSSR count). The highest BCUT2D eigenvalue weighted by Crippen LogP contribution is 2.21. The Morgan fingerprint density at radius 1 is 0.542 bits per heavy atom.